The van der Waals surface area contributed by atoms with E-state index >= 15 is 0 Å². The topological polar surface area (TPSA) is 67.8 Å². The van der Waals surface area contributed by atoms with Crippen molar-refractivity contribution in [3.63, 3.8) is 0 Å². The van der Waals surface area contributed by atoms with Crippen LogP contribution in [-0.2, 0) is 4.79 Å². The SMILES string of the molecule is CC(C)C(C(=O)Nc1cnc(Br)cn1)c1cncc(Br)c1. The van der Waals surface area contributed by atoms with Crippen molar-refractivity contribution < 1.29 is 4.79 Å². The molecule has 21 heavy (non-hydrogen) atoms. The van der Waals surface area contributed by atoms with Crippen molar-refractivity contribution in [3.05, 3.63) is 45.5 Å². The average Bonchev–Trinajstić information content (AvgIpc) is 2.41. The third-order valence-electron chi connectivity index (χ3n) is 2.91. The van der Waals surface area contributed by atoms with E-state index in [0.29, 0.717) is 10.4 Å². The number of nitrogens with one attached hydrogen (secondary N) is 1. The number of amides is 1. The molecule has 0 fully saturated rings. The number of hydrogen-bond acceptors (Lipinski definition) is 4. The summed E-state index contributed by atoms with van der Waals surface area (Å²) >= 11 is 6.59. The average molecular weight is 414 g/mol. The second-order valence-electron chi connectivity index (χ2n) is 4.87. The lowest BCUT2D eigenvalue weighted by Crippen LogP contribution is -2.25. The number of aromatic nitrogens is 3. The molecule has 1 N–H and O–H groups in total. The first-order chi connectivity index (χ1) is 9.97. The van der Waals surface area contributed by atoms with Crippen molar-refractivity contribution in [2.24, 2.45) is 5.92 Å². The first kappa shape index (κ1) is 16.0. The Kier molecular flexibility index (Phi) is 5.41. The van der Waals surface area contributed by atoms with Crippen molar-refractivity contribution in [1.29, 1.82) is 0 Å². The second kappa shape index (κ2) is 7.09. The molecule has 1 amide bonds. The lowest BCUT2D eigenvalue weighted by molar-refractivity contribution is -0.118. The summed E-state index contributed by atoms with van der Waals surface area (Å²) in [6, 6.07) is 1.91. The maximum absolute atomic E-state index is 12.5. The summed E-state index contributed by atoms with van der Waals surface area (Å²) in [5, 5.41) is 2.79. The minimum atomic E-state index is -0.305. The lowest BCUT2D eigenvalue weighted by atomic mass is 9.88. The zero-order valence-corrected chi connectivity index (χ0v) is 14.7. The Morgan fingerprint density at radius 1 is 1.14 bits per heavy atom. The molecular formula is C14H14Br2N4O. The van der Waals surface area contributed by atoms with Crippen molar-refractivity contribution >= 4 is 43.6 Å². The van der Waals surface area contributed by atoms with Crippen LogP contribution in [0.4, 0.5) is 5.82 Å². The Balaban J connectivity index is 2.22. The van der Waals surface area contributed by atoms with E-state index < -0.39 is 0 Å². The van der Waals surface area contributed by atoms with Gasteiger partial charge in [0.1, 0.15) is 4.60 Å². The molecule has 1 atom stereocenters. The van der Waals surface area contributed by atoms with E-state index in [9.17, 15) is 4.79 Å². The third kappa shape index (κ3) is 4.31. The monoisotopic (exact) mass is 412 g/mol. The van der Waals surface area contributed by atoms with Gasteiger partial charge in [0.2, 0.25) is 5.91 Å². The zero-order valence-electron chi connectivity index (χ0n) is 11.5. The van der Waals surface area contributed by atoms with Crippen LogP contribution in [0, 0.1) is 5.92 Å². The highest BCUT2D eigenvalue weighted by molar-refractivity contribution is 9.10. The smallest absolute Gasteiger partial charge is 0.233 e. The molecule has 110 valence electrons. The molecule has 0 aliphatic carbocycles. The Morgan fingerprint density at radius 3 is 2.48 bits per heavy atom. The van der Waals surface area contributed by atoms with Gasteiger partial charge < -0.3 is 5.32 Å². The summed E-state index contributed by atoms with van der Waals surface area (Å²) < 4.78 is 1.47. The second-order valence-corrected chi connectivity index (χ2v) is 6.60. The van der Waals surface area contributed by atoms with Crippen LogP contribution in [0.3, 0.4) is 0 Å². The largest absolute Gasteiger partial charge is 0.309 e. The van der Waals surface area contributed by atoms with E-state index in [1.54, 1.807) is 18.6 Å². The standard InChI is InChI=1S/C14H14Br2N4O/c1-8(2)13(9-3-10(15)5-17-4-9)14(21)20-12-7-18-11(16)6-19-12/h3-8,13H,1-2H3,(H,19,20,21). The maximum Gasteiger partial charge on any atom is 0.233 e. The maximum atomic E-state index is 12.5. The molecule has 0 aromatic carbocycles. The van der Waals surface area contributed by atoms with Crippen LogP contribution in [0.15, 0.2) is 39.9 Å². The van der Waals surface area contributed by atoms with E-state index in [1.165, 1.54) is 6.20 Å². The number of rotatable bonds is 4. The van der Waals surface area contributed by atoms with E-state index in [0.717, 1.165) is 10.0 Å². The van der Waals surface area contributed by atoms with Gasteiger partial charge in [-0.1, -0.05) is 13.8 Å². The predicted molar refractivity (Wildman–Crippen MR) is 87.9 cm³/mol. The van der Waals surface area contributed by atoms with E-state index in [1.807, 2.05) is 19.9 Å². The molecule has 2 heterocycles. The van der Waals surface area contributed by atoms with Gasteiger partial charge in [0, 0.05) is 16.9 Å². The molecule has 5 nitrogen and oxygen atoms in total. The van der Waals surface area contributed by atoms with Crippen molar-refractivity contribution in [2.45, 2.75) is 19.8 Å². The van der Waals surface area contributed by atoms with E-state index in [-0.39, 0.29) is 17.7 Å². The minimum absolute atomic E-state index is 0.124. The predicted octanol–water partition coefficient (Wildman–Crippen LogP) is 3.77. The first-order valence-electron chi connectivity index (χ1n) is 6.36. The van der Waals surface area contributed by atoms with Crippen molar-refractivity contribution in [1.82, 2.24) is 15.0 Å². The van der Waals surface area contributed by atoms with Crippen LogP contribution in [0.2, 0.25) is 0 Å². The molecule has 2 rings (SSSR count). The van der Waals surface area contributed by atoms with Gasteiger partial charge in [-0.15, -0.1) is 0 Å². The van der Waals surface area contributed by atoms with Gasteiger partial charge in [-0.05, 0) is 49.4 Å². The number of pyridine rings is 1. The van der Waals surface area contributed by atoms with E-state index in [2.05, 4.69) is 52.1 Å². The van der Waals surface area contributed by atoms with Gasteiger partial charge in [-0.3, -0.25) is 9.78 Å². The molecule has 2 aromatic rings. The summed E-state index contributed by atoms with van der Waals surface area (Å²) in [5.74, 6) is 0.128. The van der Waals surface area contributed by atoms with E-state index in [4.69, 9.17) is 0 Å². The number of carbonyl (C=O) groups is 1. The first-order valence-corrected chi connectivity index (χ1v) is 7.95. The van der Waals surface area contributed by atoms with Crippen LogP contribution in [0.25, 0.3) is 0 Å². The molecule has 0 radical (unpaired) electrons. The fourth-order valence-electron chi connectivity index (χ4n) is 2.02. The quantitative estimate of drug-likeness (QED) is 0.828. The van der Waals surface area contributed by atoms with Gasteiger partial charge in [-0.25, -0.2) is 9.97 Å². The van der Waals surface area contributed by atoms with Crippen LogP contribution in [0.5, 0.6) is 0 Å². The lowest BCUT2D eigenvalue weighted by Gasteiger charge is -2.20. The summed E-state index contributed by atoms with van der Waals surface area (Å²) in [5.41, 5.74) is 0.863. The fourth-order valence-corrected chi connectivity index (χ4v) is 2.61. The number of halogens is 2. The molecule has 7 heteroatoms. The number of hydrogen-bond donors (Lipinski definition) is 1. The molecular weight excluding hydrogens is 400 g/mol. The van der Waals surface area contributed by atoms with Gasteiger partial charge >= 0.3 is 0 Å². The zero-order chi connectivity index (χ0) is 15.4. The summed E-state index contributed by atoms with van der Waals surface area (Å²) in [7, 11) is 0. The minimum Gasteiger partial charge on any atom is -0.309 e. The normalized spacial score (nSPS) is 12.2. The Morgan fingerprint density at radius 2 is 1.90 bits per heavy atom. The molecule has 0 aliphatic rings. The number of carbonyl (C=O) groups excluding carboxylic acids is 1. The number of nitrogens with zero attached hydrogens (tertiary/aromatic N) is 3. The van der Waals surface area contributed by atoms with Gasteiger partial charge in [-0.2, -0.15) is 0 Å². The van der Waals surface area contributed by atoms with Gasteiger partial charge in [0.05, 0.1) is 18.3 Å². The highest BCUT2D eigenvalue weighted by atomic mass is 79.9. The number of anilines is 1. The highest BCUT2D eigenvalue weighted by Gasteiger charge is 2.25. The summed E-state index contributed by atoms with van der Waals surface area (Å²) in [6.45, 7) is 4.00. The van der Waals surface area contributed by atoms with Crippen molar-refractivity contribution in [2.75, 3.05) is 5.32 Å². The Labute approximate surface area is 139 Å². The molecule has 0 aliphatic heterocycles. The Hall–Kier alpha value is -1.34. The molecule has 1 unspecified atom stereocenters. The van der Waals surface area contributed by atoms with Gasteiger partial charge in [0.15, 0.2) is 5.82 Å². The Bertz CT molecular complexity index is 631. The molecule has 0 saturated heterocycles. The summed E-state index contributed by atoms with van der Waals surface area (Å²) in [6.07, 6.45) is 6.46. The van der Waals surface area contributed by atoms with Crippen LogP contribution >= 0.6 is 31.9 Å². The van der Waals surface area contributed by atoms with Crippen LogP contribution in [0.1, 0.15) is 25.3 Å². The molecule has 2 aromatic heterocycles. The van der Waals surface area contributed by atoms with Crippen LogP contribution < -0.4 is 5.32 Å². The molecule has 0 bridgehead atoms. The fraction of sp³-hybridized carbons (Fsp3) is 0.286. The third-order valence-corrected chi connectivity index (χ3v) is 3.75. The highest BCUT2D eigenvalue weighted by Crippen LogP contribution is 2.27. The molecule has 0 spiro atoms. The van der Waals surface area contributed by atoms with Crippen molar-refractivity contribution in [3.8, 4) is 0 Å². The van der Waals surface area contributed by atoms with Gasteiger partial charge in [0.25, 0.3) is 0 Å². The molecule has 0 saturated carbocycles. The summed E-state index contributed by atoms with van der Waals surface area (Å²) in [4.78, 5) is 24.8. The van der Waals surface area contributed by atoms with Crippen LogP contribution in [-0.4, -0.2) is 20.9 Å².